The Balaban J connectivity index is 1.70. The fourth-order valence-corrected chi connectivity index (χ4v) is 2.41. The topological polar surface area (TPSA) is 91.3 Å². The van der Waals surface area contributed by atoms with Gasteiger partial charge in [0.1, 0.15) is 5.75 Å². The lowest BCUT2D eigenvalue weighted by Crippen LogP contribution is -1.97. The first-order chi connectivity index (χ1) is 11.1. The van der Waals surface area contributed by atoms with Gasteiger partial charge in [-0.2, -0.15) is 4.98 Å². The molecule has 0 amide bonds. The van der Waals surface area contributed by atoms with Crippen LogP contribution in [-0.2, 0) is 6.61 Å². The highest BCUT2D eigenvalue weighted by Gasteiger charge is 2.12. The molecule has 0 bridgehead atoms. The summed E-state index contributed by atoms with van der Waals surface area (Å²) in [7, 11) is 0. The lowest BCUT2D eigenvalue weighted by Gasteiger charge is -2.04. The van der Waals surface area contributed by atoms with Gasteiger partial charge in [0.25, 0.3) is 11.6 Å². The van der Waals surface area contributed by atoms with Gasteiger partial charge in [0.2, 0.25) is 5.82 Å². The molecule has 23 heavy (non-hydrogen) atoms. The molecule has 3 rings (SSSR count). The maximum atomic E-state index is 10.6. The summed E-state index contributed by atoms with van der Waals surface area (Å²) in [6.07, 6.45) is 0. The van der Waals surface area contributed by atoms with E-state index in [0.717, 1.165) is 9.32 Å². The molecule has 0 aliphatic rings. The third-order valence-corrected chi connectivity index (χ3v) is 3.88. The number of rotatable bonds is 5. The predicted molar refractivity (Wildman–Crippen MR) is 89.9 cm³/mol. The van der Waals surface area contributed by atoms with Gasteiger partial charge in [-0.15, -0.1) is 0 Å². The summed E-state index contributed by atoms with van der Waals surface area (Å²) in [5.74, 6) is 1.43. The van der Waals surface area contributed by atoms with Crippen molar-refractivity contribution in [3.8, 4) is 17.1 Å². The minimum atomic E-state index is -0.458. The van der Waals surface area contributed by atoms with Crippen molar-refractivity contribution in [1.29, 1.82) is 0 Å². The first-order valence-corrected chi connectivity index (χ1v) is 7.66. The molecule has 7 nitrogen and oxygen atoms in total. The molecule has 1 heterocycles. The fourth-order valence-electron chi connectivity index (χ4n) is 1.86. The van der Waals surface area contributed by atoms with Gasteiger partial charge in [-0.3, -0.25) is 10.1 Å². The van der Waals surface area contributed by atoms with Crippen LogP contribution in [0.25, 0.3) is 11.4 Å². The molecular weight excluding hydrogens is 413 g/mol. The number of hydrogen-bond acceptors (Lipinski definition) is 6. The molecule has 0 radical (unpaired) electrons. The monoisotopic (exact) mass is 423 g/mol. The van der Waals surface area contributed by atoms with Gasteiger partial charge in [0.05, 0.1) is 8.49 Å². The molecule has 1 aromatic heterocycles. The van der Waals surface area contributed by atoms with Crippen molar-refractivity contribution in [3.63, 3.8) is 0 Å². The molecule has 0 N–H and O–H groups in total. The molecule has 0 aliphatic heterocycles. The van der Waals surface area contributed by atoms with Gasteiger partial charge in [-0.05, 0) is 46.9 Å². The maximum Gasteiger partial charge on any atom is 0.269 e. The minimum absolute atomic E-state index is 0.0134. The van der Waals surface area contributed by atoms with E-state index in [4.69, 9.17) is 9.26 Å². The van der Waals surface area contributed by atoms with Gasteiger partial charge in [-0.25, -0.2) is 0 Å². The second-order valence-corrected chi connectivity index (χ2v) is 5.70. The Hall–Kier alpha value is -2.49. The summed E-state index contributed by atoms with van der Waals surface area (Å²) < 4.78 is 11.8. The fraction of sp³-hybridized carbons (Fsp3) is 0.0667. The van der Waals surface area contributed by atoms with Crippen molar-refractivity contribution in [2.75, 3.05) is 0 Å². The van der Waals surface area contributed by atoms with Crippen LogP contribution in [-0.4, -0.2) is 15.1 Å². The van der Waals surface area contributed by atoms with Crippen molar-refractivity contribution >= 4 is 28.3 Å². The summed E-state index contributed by atoms with van der Waals surface area (Å²) >= 11 is 2.18. The van der Waals surface area contributed by atoms with E-state index in [0.29, 0.717) is 17.3 Å². The van der Waals surface area contributed by atoms with Crippen LogP contribution in [0.4, 0.5) is 5.69 Å². The lowest BCUT2D eigenvalue weighted by molar-refractivity contribution is -0.384. The summed E-state index contributed by atoms with van der Waals surface area (Å²) in [5.41, 5.74) is 0.652. The van der Waals surface area contributed by atoms with Gasteiger partial charge in [-0.1, -0.05) is 17.3 Å². The summed E-state index contributed by atoms with van der Waals surface area (Å²) in [6.45, 7) is 0.153. The Labute approximate surface area is 144 Å². The summed E-state index contributed by atoms with van der Waals surface area (Å²) in [4.78, 5) is 14.4. The average molecular weight is 423 g/mol. The molecule has 0 saturated heterocycles. The number of aromatic nitrogens is 2. The third-order valence-electron chi connectivity index (χ3n) is 2.99. The smallest absolute Gasteiger partial charge is 0.269 e. The molecule has 0 unspecified atom stereocenters. The molecule has 0 saturated carbocycles. The molecule has 2 aromatic carbocycles. The van der Waals surface area contributed by atoms with E-state index >= 15 is 0 Å². The molecule has 0 atom stereocenters. The lowest BCUT2D eigenvalue weighted by atomic mass is 10.2. The van der Waals surface area contributed by atoms with E-state index in [1.807, 2.05) is 24.3 Å². The van der Waals surface area contributed by atoms with Crippen LogP contribution in [0.15, 0.2) is 53.1 Å². The van der Waals surface area contributed by atoms with Crippen molar-refractivity contribution in [3.05, 3.63) is 68.1 Å². The number of nitro groups is 1. The van der Waals surface area contributed by atoms with Crippen molar-refractivity contribution in [2.24, 2.45) is 0 Å². The van der Waals surface area contributed by atoms with Gasteiger partial charge in [0, 0.05) is 17.7 Å². The van der Waals surface area contributed by atoms with Crippen LogP contribution in [0.1, 0.15) is 5.89 Å². The van der Waals surface area contributed by atoms with Crippen LogP contribution in [0.2, 0.25) is 0 Å². The highest BCUT2D eigenvalue weighted by molar-refractivity contribution is 14.1. The van der Waals surface area contributed by atoms with Crippen molar-refractivity contribution < 1.29 is 14.2 Å². The van der Waals surface area contributed by atoms with Crippen molar-refractivity contribution in [2.45, 2.75) is 6.61 Å². The SMILES string of the molecule is O=[N+]([O-])c1ccc(-c2noc(COc3ccccc3I)n2)cc1. The predicted octanol–water partition coefficient (Wildman–Crippen LogP) is 3.83. The highest BCUT2D eigenvalue weighted by Crippen LogP contribution is 2.22. The number of ether oxygens (including phenoxy) is 1. The number of nitro benzene ring substituents is 1. The van der Waals surface area contributed by atoms with E-state index in [-0.39, 0.29) is 12.3 Å². The maximum absolute atomic E-state index is 10.6. The van der Waals surface area contributed by atoms with E-state index in [9.17, 15) is 10.1 Å². The van der Waals surface area contributed by atoms with Gasteiger partial charge in [0.15, 0.2) is 6.61 Å². The second-order valence-electron chi connectivity index (χ2n) is 4.53. The standard InChI is InChI=1S/C15H10IN3O4/c16-12-3-1-2-4-13(12)22-9-14-17-15(18-23-14)10-5-7-11(8-6-10)19(20)21/h1-8H,9H2. The molecule has 3 aromatic rings. The van der Waals surface area contributed by atoms with Crippen molar-refractivity contribution in [1.82, 2.24) is 10.1 Å². The number of hydrogen-bond donors (Lipinski definition) is 0. The zero-order chi connectivity index (χ0) is 16.2. The summed E-state index contributed by atoms with van der Waals surface area (Å²) in [6, 6.07) is 13.5. The Morgan fingerprint density at radius 3 is 2.61 bits per heavy atom. The molecular formula is C15H10IN3O4. The number of para-hydroxylation sites is 1. The number of non-ortho nitro benzene ring substituents is 1. The molecule has 0 spiro atoms. The number of nitrogens with zero attached hydrogens (tertiary/aromatic N) is 3. The molecule has 116 valence electrons. The second kappa shape index (κ2) is 6.73. The van der Waals surface area contributed by atoms with Gasteiger partial charge < -0.3 is 9.26 Å². The largest absolute Gasteiger partial charge is 0.483 e. The quantitative estimate of drug-likeness (QED) is 0.352. The normalized spacial score (nSPS) is 10.5. The highest BCUT2D eigenvalue weighted by atomic mass is 127. The minimum Gasteiger partial charge on any atom is -0.483 e. The first-order valence-electron chi connectivity index (χ1n) is 6.58. The first kappa shape index (κ1) is 15.4. The molecule has 0 aliphatic carbocycles. The zero-order valence-corrected chi connectivity index (χ0v) is 13.8. The van der Waals surface area contributed by atoms with Gasteiger partial charge >= 0.3 is 0 Å². The van der Waals surface area contributed by atoms with Crippen LogP contribution in [0.3, 0.4) is 0 Å². The third kappa shape index (κ3) is 3.65. The molecule has 0 fully saturated rings. The van der Waals surface area contributed by atoms with E-state index in [2.05, 4.69) is 32.7 Å². The average Bonchev–Trinajstić information content (AvgIpc) is 3.03. The zero-order valence-electron chi connectivity index (χ0n) is 11.7. The number of halogens is 1. The van der Waals surface area contributed by atoms with E-state index in [1.165, 1.54) is 12.1 Å². The summed E-state index contributed by atoms with van der Waals surface area (Å²) in [5, 5.41) is 14.5. The van der Waals surface area contributed by atoms with E-state index in [1.54, 1.807) is 12.1 Å². The number of benzene rings is 2. The Morgan fingerprint density at radius 1 is 1.17 bits per heavy atom. The van der Waals surface area contributed by atoms with Crippen LogP contribution in [0, 0.1) is 13.7 Å². The van der Waals surface area contributed by atoms with Crippen LogP contribution >= 0.6 is 22.6 Å². The van der Waals surface area contributed by atoms with Crippen LogP contribution in [0.5, 0.6) is 5.75 Å². The molecule has 8 heteroatoms. The van der Waals surface area contributed by atoms with Crippen LogP contribution < -0.4 is 4.74 Å². The Morgan fingerprint density at radius 2 is 1.91 bits per heavy atom. The Kier molecular flexibility index (Phi) is 4.51. The Bertz CT molecular complexity index is 833. The van der Waals surface area contributed by atoms with E-state index < -0.39 is 4.92 Å².